The van der Waals surface area contributed by atoms with E-state index in [0.29, 0.717) is 11.8 Å². The van der Waals surface area contributed by atoms with Gasteiger partial charge in [0.15, 0.2) is 0 Å². The van der Waals surface area contributed by atoms with Crippen LogP contribution in [0.3, 0.4) is 0 Å². The Morgan fingerprint density at radius 1 is 1.33 bits per heavy atom. The van der Waals surface area contributed by atoms with Gasteiger partial charge in [-0.1, -0.05) is 20.5 Å². The number of nitrogens with one attached hydrogen (secondary N) is 1. The van der Waals surface area contributed by atoms with Gasteiger partial charge in [0.05, 0.1) is 5.60 Å². The maximum absolute atomic E-state index is 5.55. The largest absolute Gasteiger partial charge is 0.356 e. The molecule has 0 aromatic carbocycles. The van der Waals surface area contributed by atoms with Crippen molar-refractivity contribution in [2.75, 3.05) is 13.2 Å². The normalized spacial score (nSPS) is 28.2. The first-order chi connectivity index (χ1) is 5.81. The second-order valence-corrected chi connectivity index (χ2v) is 2.82. The van der Waals surface area contributed by atoms with Crippen molar-refractivity contribution in [3.63, 3.8) is 0 Å². The first-order valence-electron chi connectivity index (χ1n) is 4.80. The highest BCUT2D eigenvalue weighted by Crippen LogP contribution is 2.42. The summed E-state index contributed by atoms with van der Waals surface area (Å²) in [6.45, 7) is 9.06. The summed E-state index contributed by atoms with van der Waals surface area (Å²) in [5.74, 6) is 0. The van der Waals surface area contributed by atoms with Gasteiger partial charge < -0.3 is 4.74 Å². The van der Waals surface area contributed by atoms with Crippen molar-refractivity contribution >= 4 is 9.24 Å². The monoisotopic (exact) mass is 191 g/mol. The van der Waals surface area contributed by atoms with Crippen LogP contribution in [0, 0.1) is 0 Å². The van der Waals surface area contributed by atoms with Crippen LogP contribution in [0.15, 0.2) is 0 Å². The van der Waals surface area contributed by atoms with Crippen LogP contribution in [0.5, 0.6) is 0 Å². The lowest BCUT2D eigenvalue weighted by Gasteiger charge is -2.03. The molecule has 12 heavy (non-hydrogen) atoms. The summed E-state index contributed by atoms with van der Waals surface area (Å²) < 4.78 is 5.55. The third-order valence-corrected chi connectivity index (χ3v) is 1.95. The summed E-state index contributed by atoms with van der Waals surface area (Å²) in [6, 6.07) is 0. The average molecular weight is 191 g/mol. The van der Waals surface area contributed by atoms with Crippen LogP contribution in [-0.2, 0) is 4.74 Å². The van der Waals surface area contributed by atoms with Crippen LogP contribution >= 0.6 is 9.24 Å². The molecule has 1 saturated heterocycles. The summed E-state index contributed by atoms with van der Waals surface area (Å²) in [6.07, 6.45) is 2.84. The third-order valence-electron chi connectivity index (χ3n) is 1.95. The van der Waals surface area contributed by atoms with E-state index in [4.69, 9.17) is 4.74 Å². The number of hydrogen-bond donors (Lipinski definition) is 1. The smallest absolute Gasteiger partial charge is 0.106 e. The first kappa shape index (κ1) is 12.3. The highest BCUT2D eigenvalue weighted by molar-refractivity contribution is 7.15. The Hall–Kier alpha value is 0.350. The number of ether oxygens (including phenoxy) is 1. The molecule has 2 aliphatic rings. The molecule has 2 nitrogen and oxygen atoms in total. The zero-order valence-electron chi connectivity index (χ0n) is 8.68. The van der Waals surface area contributed by atoms with Gasteiger partial charge in [-0.15, -0.1) is 9.24 Å². The van der Waals surface area contributed by atoms with Gasteiger partial charge in [-0.25, -0.2) is 0 Å². The molecule has 2 rings (SSSR count). The molecule has 2 atom stereocenters. The fourth-order valence-corrected chi connectivity index (χ4v) is 1.22. The summed E-state index contributed by atoms with van der Waals surface area (Å²) in [4.78, 5) is 0. The Kier molecular flexibility index (Phi) is 6.08. The topological polar surface area (TPSA) is 21.3 Å². The summed E-state index contributed by atoms with van der Waals surface area (Å²) in [7, 11) is 2.42. The molecule has 0 amide bonds. The van der Waals surface area contributed by atoms with Crippen molar-refractivity contribution in [2.45, 2.75) is 45.4 Å². The van der Waals surface area contributed by atoms with Gasteiger partial charge in [0.2, 0.25) is 0 Å². The Morgan fingerprint density at radius 2 is 1.83 bits per heavy atom. The lowest BCUT2D eigenvalue weighted by molar-refractivity contribution is 0.0370. The molecule has 1 saturated carbocycles. The standard InChI is InChI=1S/C6H11NO.C2H6.CH5P/c1-5-7-4-6(8-5)2-3-6;2*1-2/h5,7H,2-4H2,1H3;1-2H3;2H2,1H3. The van der Waals surface area contributed by atoms with Gasteiger partial charge in [-0.3, -0.25) is 5.32 Å². The first-order valence-corrected chi connectivity index (χ1v) is 5.95. The predicted molar refractivity (Wildman–Crippen MR) is 57.5 cm³/mol. The minimum absolute atomic E-state index is 0.303. The number of hydrogen-bond acceptors (Lipinski definition) is 2. The van der Waals surface area contributed by atoms with E-state index >= 15 is 0 Å². The van der Waals surface area contributed by atoms with E-state index in [2.05, 4.69) is 21.5 Å². The summed E-state index contributed by atoms with van der Waals surface area (Å²) in [5.41, 5.74) is 0.305. The lowest BCUT2D eigenvalue weighted by Crippen LogP contribution is -2.18. The van der Waals surface area contributed by atoms with Crippen molar-refractivity contribution < 1.29 is 4.74 Å². The fraction of sp³-hybridized carbons (Fsp3) is 1.00. The molecule has 2 fully saturated rings. The average Bonchev–Trinajstić information content (AvgIpc) is 2.79. The molecular formula is C9H22NOP. The zero-order chi connectivity index (χ0) is 9.61. The van der Waals surface area contributed by atoms with Crippen molar-refractivity contribution in [3.05, 3.63) is 0 Å². The molecule has 0 bridgehead atoms. The van der Waals surface area contributed by atoms with Crippen LogP contribution in [0.1, 0.15) is 33.6 Å². The van der Waals surface area contributed by atoms with Gasteiger partial charge in [-0.05, 0) is 19.8 Å². The maximum atomic E-state index is 5.55. The molecular weight excluding hydrogens is 169 g/mol. The molecule has 1 N–H and O–H groups in total. The van der Waals surface area contributed by atoms with Crippen LogP contribution in [-0.4, -0.2) is 25.0 Å². The molecule has 1 aliphatic heterocycles. The van der Waals surface area contributed by atoms with Crippen LogP contribution in [0.25, 0.3) is 0 Å². The molecule has 0 radical (unpaired) electrons. The van der Waals surface area contributed by atoms with Gasteiger partial charge in [0, 0.05) is 6.54 Å². The van der Waals surface area contributed by atoms with E-state index in [-0.39, 0.29) is 0 Å². The minimum atomic E-state index is 0.303. The highest BCUT2D eigenvalue weighted by atomic mass is 31.0. The van der Waals surface area contributed by atoms with Crippen LogP contribution in [0.2, 0.25) is 0 Å². The van der Waals surface area contributed by atoms with E-state index in [1.807, 2.05) is 20.5 Å². The highest BCUT2D eigenvalue weighted by Gasteiger charge is 2.48. The zero-order valence-corrected chi connectivity index (χ0v) is 9.84. The molecule has 2 unspecified atom stereocenters. The molecule has 0 aromatic heterocycles. The van der Waals surface area contributed by atoms with E-state index in [1.54, 1.807) is 0 Å². The van der Waals surface area contributed by atoms with E-state index in [0.717, 1.165) is 6.54 Å². The van der Waals surface area contributed by atoms with Gasteiger partial charge in [-0.2, -0.15) is 0 Å². The summed E-state index contributed by atoms with van der Waals surface area (Å²) in [5, 5.41) is 3.25. The molecule has 74 valence electrons. The van der Waals surface area contributed by atoms with Crippen molar-refractivity contribution in [3.8, 4) is 0 Å². The van der Waals surface area contributed by atoms with Gasteiger partial charge in [0.25, 0.3) is 0 Å². The van der Waals surface area contributed by atoms with E-state index in [9.17, 15) is 0 Å². The quantitative estimate of drug-likeness (QED) is 0.591. The van der Waals surface area contributed by atoms with Crippen LogP contribution in [0.4, 0.5) is 0 Å². The van der Waals surface area contributed by atoms with E-state index < -0.39 is 0 Å². The third kappa shape index (κ3) is 3.38. The Labute approximate surface area is 78.7 Å². The Bertz CT molecular complexity index is 115. The second-order valence-electron chi connectivity index (χ2n) is 2.82. The molecule has 0 aromatic rings. The molecule has 1 spiro atoms. The fourth-order valence-electron chi connectivity index (χ4n) is 1.22. The van der Waals surface area contributed by atoms with Crippen molar-refractivity contribution in [1.29, 1.82) is 0 Å². The number of rotatable bonds is 0. The Morgan fingerprint density at radius 3 is 2.00 bits per heavy atom. The van der Waals surface area contributed by atoms with Crippen molar-refractivity contribution in [2.24, 2.45) is 0 Å². The van der Waals surface area contributed by atoms with Gasteiger partial charge >= 0.3 is 0 Å². The summed E-state index contributed by atoms with van der Waals surface area (Å²) >= 11 is 0. The maximum Gasteiger partial charge on any atom is 0.106 e. The van der Waals surface area contributed by atoms with Crippen molar-refractivity contribution in [1.82, 2.24) is 5.32 Å². The molecule has 3 heteroatoms. The Balaban J connectivity index is 0.000000269. The molecule has 1 aliphatic carbocycles. The second kappa shape index (κ2) is 5.90. The van der Waals surface area contributed by atoms with E-state index in [1.165, 1.54) is 12.8 Å². The SMILES string of the molecule is CC.CC1NCC2(CC2)O1.CP. The van der Waals surface area contributed by atoms with Gasteiger partial charge in [0.1, 0.15) is 6.23 Å². The van der Waals surface area contributed by atoms with Crippen LogP contribution < -0.4 is 5.32 Å². The molecule has 1 heterocycles. The lowest BCUT2D eigenvalue weighted by atomic mass is 10.4. The minimum Gasteiger partial charge on any atom is -0.356 e. The predicted octanol–water partition coefficient (Wildman–Crippen LogP) is 2.00.